The second-order valence-electron chi connectivity index (χ2n) is 7.09. The minimum absolute atomic E-state index is 0.147. The highest BCUT2D eigenvalue weighted by molar-refractivity contribution is 8.16. The van der Waals surface area contributed by atoms with E-state index in [1.54, 1.807) is 18.9 Å². The van der Waals surface area contributed by atoms with Gasteiger partial charge in [0.2, 0.25) is 0 Å². The molecule has 0 aromatic heterocycles. The van der Waals surface area contributed by atoms with Crippen molar-refractivity contribution in [3.63, 3.8) is 0 Å². The molecule has 148 valence electrons. The van der Waals surface area contributed by atoms with E-state index in [4.69, 9.17) is 9.73 Å². The zero-order valence-electron chi connectivity index (χ0n) is 16.9. The molecule has 1 atom stereocenters. The van der Waals surface area contributed by atoms with Crippen LogP contribution in [0.4, 0.5) is 5.69 Å². The molecule has 0 saturated carbocycles. The predicted octanol–water partition coefficient (Wildman–Crippen LogP) is 5.24. The average Bonchev–Trinajstić information content (AvgIpc) is 3.08. The first-order valence-electron chi connectivity index (χ1n) is 9.42. The number of hydrogen-bond donors (Lipinski definition) is 1. The first-order chi connectivity index (χ1) is 14.0. The summed E-state index contributed by atoms with van der Waals surface area (Å²) in [6, 6.07) is 15.3. The Kier molecular flexibility index (Phi) is 5.20. The second kappa shape index (κ2) is 7.79. The zero-order chi connectivity index (χ0) is 20.5. The third-order valence-electron chi connectivity index (χ3n) is 5.13. The van der Waals surface area contributed by atoms with Crippen LogP contribution in [-0.2, 0) is 4.79 Å². The Hall–Kier alpha value is -2.99. The summed E-state index contributed by atoms with van der Waals surface area (Å²) in [4.78, 5) is 20.2. The molecule has 0 spiro atoms. The molecule has 29 heavy (non-hydrogen) atoms. The maximum atomic E-state index is 13.4. The third kappa shape index (κ3) is 3.56. The molecule has 4 rings (SSSR count). The molecule has 1 amide bonds. The fourth-order valence-electron chi connectivity index (χ4n) is 3.66. The molecule has 2 aliphatic rings. The molecule has 0 unspecified atom stereocenters. The third-order valence-corrected chi connectivity index (χ3v) is 6.09. The lowest BCUT2D eigenvalue weighted by Gasteiger charge is -2.36. The quantitative estimate of drug-likeness (QED) is 0.756. The fourth-order valence-corrected chi connectivity index (χ4v) is 4.60. The van der Waals surface area contributed by atoms with Gasteiger partial charge < -0.3 is 15.0 Å². The summed E-state index contributed by atoms with van der Waals surface area (Å²) in [5, 5.41) is 5.99. The van der Waals surface area contributed by atoms with Crippen LogP contribution in [0.25, 0.3) is 0 Å². The summed E-state index contributed by atoms with van der Waals surface area (Å²) in [5.41, 5.74) is 5.24. The van der Waals surface area contributed by atoms with Gasteiger partial charge in [-0.05, 0) is 55.5 Å². The summed E-state index contributed by atoms with van der Waals surface area (Å²) in [6.45, 7) is 5.95. The van der Waals surface area contributed by atoms with Gasteiger partial charge in [-0.1, -0.05) is 42.1 Å². The van der Waals surface area contributed by atoms with Crippen molar-refractivity contribution in [3.05, 3.63) is 82.0 Å². The number of fused-ring (bicyclic) bond motifs is 1. The first-order valence-corrected chi connectivity index (χ1v) is 10.3. The van der Waals surface area contributed by atoms with E-state index < -0.39 is 0 Å². The number of nitrogens with zero attached hydrogens (tertiary/aromatic N) is 2. The van der Waals surface area contributed by atoms with Gasteiger partial charge in [-0.25, -0.2) is 4.99 Å². The number of nitrogens with one attached hydrogen (secondary N) is 1. The van der Waals surface area contributed by atoms with Crippen LogP contribution in [0.1, 0.15) is 31.0 Å². The van der Waals surface area contributed by atoms with Crippen LogP contribution in [0.3, 0.4) is 0 Å². The molecule has 0 radical (unpaired) electrons. The van der Waals surface area contributed by atoms with E-state index in [1.807, 2.05) is 63.2 Å². The molecule has 5 nitrogen and oxygen atoms in total. The minimum Gasteiger partial charge on any atom is -0.496 e. The fraction of sp³-hybridized carbons (Fsp3) is 0.217. The predicted molar refractivity (Wildman–Crippen MR) is 119 cm³/mol. The number of amidine groups is 1. The maximum Gasteiger partial charge on any atom is 0.255 e. The number of hydrogen-bond acceptors (Lipinski definition) is 5. The van der Waals surface area contributed by atoms with Gasteiger partial charge in [0.15, 0.2) is 5.17 Å². The number of benzene rings is 2. The Morgan fingerprint density at radius 2 is 1.90 bits per heavy atom. The lowest BCUT2D eigenvalue weighted by molar-refractivity contribution is -0.113. The van der Waals surface area contributed by atoms with Crippen LogP contribution < -0.4 is 10.1 Å². The molecule has 0 bridgehead atoms. The standard InChI is InChI=1S/C23H23N3O2S/c1-14-10-11-17(12-19(14)28-4)21-20(22(27)25-18-8-6-5-7-9-18)16(3)24-23-26(21)15(2)13-29-23/h5-13,21H,1-4H3,(H,25,27)/t21-/m1/s1. The van der Waals surface area contributed by atoms with Gasteiger partial charge in [0.25, 0.3) is 5.91 Å². The number of aryl methyl sites for hydroxylation is 1. The number of rotatable bonds is 4. The van der Waals surface area contributed by atoms with Crippen LogP contribution in [0, 0.1) is 6.92 Å². The molecule has 2 aromatic carbocycles. The van der Waals surface area contributed by atoms with Gasteiger partial charge in [0.1, 0.15) is 5.75 Å². The van der Waals surface area contributed by atoms with Crippen molar-refractivity contribution in [3.8, 4) is 5.75 Å². The van der Waals surface area contributed by atoms with Crippen LogP contribution in [0.5, 0.6) is 5.75 Å². The van der Waals surface area contributed by atoms with Gasteiger partial charge in [0, 0.05) is 11.4 Å². The van der Waals surface area contributed by atoms with Gasteiger partial charge in [0.05, 0.1) is 24.4 Å². The number of ether oxygens (including phenoxy) is 1. The molecule has 2 aromatic rings. The number of anilines is 1. The summed E-state index contributed by atoms with van der Waals surface area (Å²) < 4.78 is 5.55. The van der Waals surface area contributed by atoms with Crippen molar-refractivity contribution in [2.24, 2.45) is 4.99 Å². The van der Waals surface area contributed by atoms with Crippen molar-refractivity contribution in [2.75, 3.05) is 12.4 Å². The van der Waals surface area contributed by atoms with Gasteiger partial charge >= 0.3 is 0 Å². The largest absolute Gasteiger partial charge is 0.496 e. The van der Waals surface area contributed by atoms with Crippen molar-refractivity contribution in [2.45, 2.75) is 26.8 Å². The Balaban J connectivity index is 1.81. The maximum absolute atomic E-state index is 13.4. The number of allylic oxidation sites excluding steroid dienone is 2. The molecule has 2 heterocycles. The van der Waals surface area contributed by atoms with Crippen LogP contribution >= 0.6 is 11.8 Å². The highest BCUT2D eigenvalue weighted by Crippen LogP contribution is 2.44. The monoisotopic (exact) mass is 405 g/mol. The molecule has 0 fully saturated rings. The summed E-state index contributed by atoms with van der Waals surface area (Å²) >= 11 is 1.58. The molecule has 2 aliphatic heterocycles. The SMILES string of the molecule is COc1cc([C@@H]2C(C(=O)Nc3ccccc3)=C(C)N=C3SC=C(C)N32)ccc1C. The molecule has 0 saturated heterocycles. The average molecular weight is 406 g/mol. The Morgan fingerprint density at radius 3 is 2.62 bits per heavy atom. The molecular weight excluding hydrogens is 382 g/mol. The molecule has 0 aliphatic carbocycles. The van der Waals surface area contributed by atoms with E-state index in [2.05, 4.69) is 21.7 Å². The number of carbonyl (C=O) groups is 1. The van der Waals surface area contributed by atoms with E-state index in [0.717, 1.165) is 39.1 Å². The summed E-state index contributed by atoms with van der Waals surface area (Å²) in [7, 11) is 1.67. The van der Waals surface area contributed by atoms with Gasteiger partial charge in [-0.15, -0.1) is 0 Å². The lowest BCUT2D eigenvalue weighted by Crippen LogP contribution is -2.37. The Labute approximate surface area is 175 Å². The number of methoxy groups -OCH3 is 1. The van der Waals surface area contributed by atoms with Crippen molar-refractivity contribution in [1.29, 1.82) is 0 Å². The normalized spacial score (nSPS) is 18.2. The summed E-state index contributed by atoms with van der Waals surface area (Å²) in [5.74, 6) is 0.659. The Morgan fingerprint density at radius 1 is 1.14 bits per heavy atom. The van der Waals surface area contributed by atoms with E-state index in [0.29, 0.717) is 5.57 Å². The number of amides is 1. The number of thioether (sulfide) groups is 1. The molecular formula is C23H23N3O2S. The molecule has 6 heteroatoms. The van der Waals surface area contributed by atoms with Crippen LogP contribution in [0.2, 0.25) is 0 Å². The number of aliphatic imine (C=N–C) groups is 1. The topological polar surface area (TPSA) is 53.9 Å². The second-order valence-corrected chi connectivity index (χ2v) is 7.93. The van der Waals surface area contributed by atoms with Crippen LogP contribution in [-0.4, -0.2) is 23.1 Å². The van der Waals surface area contributed by atoms with E-state index in [1.165, 1.54) is 0 Å². The molecule has 1 N–H and O–H groups in total. The highest BCUT2D eigenvalue weighted by atomic mass is 32.2. The van der Waals surface area contributed by atoms with Crippen LogP contribution in [0.15, 0.2) is 75.9 Å². The van der Waals surface area contributed by atoms with E-state index >= 15 is 0 Å². The van der Waals surface area contributed by atoms with E-state index in [9.17, 15) is 4.79 Å². The lowest BCUT2D eigenvalue weighted by atomic mass is 9.92. The van der Waals surface area contributed by atoms with Crippen molar-refractivity contribution in [1.82, 2.24) is 4.90 Å². The van der Waals surface area contributed by atoms with Crippen molar-refractivity contribution >= 4 is 28.5 Å². The zero-order valence-corrected chi connectivity index (χ0v) is 17.7. The van der Waals surface area contributed by atoms with Gasteiger partial charge in [-0.2, -0.15) is 0 Å². The first kappa shape index (κ1) is 19.3. The number of para-hydroxylation sites is 1. The Bertz CT molecular complexity index is 1060. The van der Waals surface area contributed by atoms with Gasteiger partial charge in [-0.3, -0.25) is 4.79 Å². The summed E-state index contributed by atoms with van der Waals surface area (Å²) in [6.07, 6.45) is 0. The number of carbonyl (C=O) groups excluding carboxylic acids is 1. The smallest absolute Gasteiger partial charge is 0.255 e. The van der Waals surface area contributed by atoms with Crippen molar-refractivity contribution < 1.29 is 9.53 Å². The highest BCUT2D eigenvalue weighted by Gasteiger charge is 2.39. The van der Waals surface area contributed by atoms with E-state index in [-0.39, 0.29) is 11.9 Å². The minimum atomic E-state index is -0.271.